The molecule has 0 unspecified atom stereocenters. The number of carbonyl (C=O) groups excluding carboxylic acids is 2. The van der Waals surface area contributed by atoms with Gasteiger partial charge in [-0.2, -0.15) is 0 Å². The number of aromatic nitrogens is 1. The van der Waals surface area contributed by atoms with Crippen molar-refractivity contribution >= 4 is 31.3 Å². The van der Waals surface area contributed by atoms with Crippen molar-refractivity contribution in [3.8, 4) is 5.75 Å². The number of carbonyl (C=O) groups is 2. The molecular formula is C30H49NO6Si. The summed E-state index contributed by atoms with van der Waals surface area (Å²) < 4.78 is 24.6. The van der Waals surface area contributed by atoms with Crippen LogP contribution in [-0.2, 0) is 13.9 Å². The van der Waals surface area contributed by atoms with Crippen LogP contribution in [0.3, 0.4) is 0 Å². The molecule has 0 saturated carbocycles. The van der Waals surface area contributed by atoms with Gasteiger partial charge in [-0.1, -0.05) is 62.3 Å². The molecule has 2 aromatic rings. The van der Waals surface area contributed by atoms with Gasteiger partial charge in [0.2, 0.25) is 0 Å². The Hall–Kier alpha value is -2.32. The van der Waals surface area contributed by atoms with E-state index >= 15 is 0 Å². The summed E-state index contributed by atoms with van der Waals surface area (Å²) >= 11 is 0. The van der Waals surface area contributed by atoms with E-state index in [4.69, 9.17) is 18.6 Å². The molecule has 1 heterocycles. The molecule has 38 heavy (non-hydrogen) atoms. The van der Waals surface area contributed by atoms with Crippen molar-refractivity contribution < 1.29 is 28.2 Å². The molecule has 0 saturated heterocycles. The van der Waals surface area contributed by atoms with Crippen molar-refractivity contribution in [2.75, 3.05) is 26.4 Å². The summed E-state index contributed by atoms with van der Waals surface area (Å²) in [7, 11) is -1.85. The molecule has 1 aromatic heterocycles. The van der Waals surface area contributed by atoms with Gasteiger partial charge >= 0.3 is 12.1 Å². The molecule has 0 atom stereocenters. The molecule has 0 aliphatic carbocycles. The molecule has 0 radical (unpaired) electrons. The standard InChI is InChI=1S/C30H49NO6Si/c1-28(2,3)14-16-35-26(32)25-21-22-20-23(34-18-19-37-38(10,11)30(7,8)9)12-13-24(22)31(25)27(33)36-17-15-29(4,5)6/h12-13,20-21H,14-19H2,1-11H3. The number of rotatable bonds is 10. The molecule has 0 fully saturated rings. The Morgan fingerprint density at radius 3 is 1.92 bits per heavy atom. The van der Waals surface area contributed by atoms with Gasteiger partial charge < -0.3 is 18.6 Å². The van der Waals surface area contributed by atoms with Gasteiger partial charge in [-0.15, -0.1) is 0 Å². The van der Waals surface area contributed by atoms with Crippen LogP contribution in [0.4, 0.5) is 4.79 Å². The van der Waals surface area contributed by atoms with Crippen LogP contribution in [0.25, 0.3) is 10.9 Å². The minimum atomic E-state index is -1.85. The van der Waals surface area contributed by atoms with Gasteiger partial charge in [-0.25, -0.2) is 14.2 Å². The molecule has 0 amide bonds. The average Bonchev–Trinajstić information content (AvgIpc) is 3.13. The van der Waals surface area contributed by atoms with Gasteiger partial charge in [-0.3, -0.25) is 0 Å². The van der Waals surface area contributed by atoms with Crippen LogP contribution in [0, 0.1) is 10.8 Å². The van der Waals surface area contributed by atoms with Gasteiger partial charge in [0.15, 0.2) is 8.32 Å². The summed E-state index contributed by atoms with van der Waals surface area (Å²) in [6, 6.07) is 7.06. The Balaban J connectivity index is 2.23. The SMILES string of the molecule is CC(C)(C)CCOC(=O)c1cc2cc(OCCO[Si](C)(C)C(C)(C)C)ccc2n1C(=O)OCCC(C)(C)C. The first-order valence-electron chi connectivity index (χ1n) is 13.6. The fourth-order valence-corrected chi connectivity index (χ4v) is 4.36. The summed E-state index contributed by atoms with van der Waals surface area (Å²) in [5.41, 5.74) is 0.764. The van der Waals surface area contributed by atoms with Gasteiger partial charge in [0.05, 0.1) is 25.3 Å². The van der Waals surface area contributed by atoms with E-state index in [0.717, 1.165) is 0 Å². The van der Waals surface area contributed by atoms with Crippen LogP contribution in [0.5, 0.6) is 5.75 Å². The Morgan fingerprint density at radius 1 is 0.789 bits per heavy atom. The number of ether oxygens (including phenoxy) is 3. The molecule has 8 heteroatoms. The van der Waals surface area contributed by atoms with E-state index in [9.17, 15) is 9.59 Å². The fraction of sp³-hybridized carbons (Fsp3) is 0.667. The first-order chi connectivity index (χ1) is 17.3. The third kappa shape index (κ3) is 9.45. The van der Waals surface area contributed by atoms with Crippen LogP contribution in [0.2, 0.25) is 18.1 Å². The fourth-order valence-electron chi connectivity index (χ4n) is 3.34. The van der Waals surface area contributed by atoms with Crippen molar-refractivity contribution in [3.05, 3.63) is 30.0 Å². The Bertz CT molecular complexity index is 1100. The molecule has 0 N–H and O–H groups in total. The smallest absolute Gasteiger partial charge is 0.419 e. The Morgan fingerprint density at radius 2 is 1.37 bits per heavy atom. The van der Waals surface area contributed by atoms with E-state index < -0.39 is 20.4 Å². The minimum Gasteiger partial charge on any atom is -0.491 e. The molecule has 2 rings (SSSR count). The van der Waals surface area contributed by atoms with E-state index in [1.54, 1.807) is 18.2 Å². The highest BCUT2D eigenvalue weighted by molar-refractivity contribution is 6.74. The second-order valence-corrected chi connectivity index (χ2v) is 18.7. The summed E-state index contributed by atoms with van der Waals surface area (Å²) in [5, 5.41) is 0.831. The quantitative estimate of drug-likeness (QED) is 0.170. The predicted octanol–water partition coefficient (Wildman–Crippen LogP) is 8.06. The first-order valence-corrected chi connectivity index (χ1v) is 16.5. The largest absolute Gasteiger partial charge is 0.491 e. The third-order valence-corrected chi connectivity index (χ3v) is 11.5. The van der Waals surface area contributed by atoms with E-state index in [1.165, 1.54) is 4.57 Å². The molecule has 0 bridgehead atoms. The summed E-state index contributed by atoms with van der Waals surface area (Å²) in [6.07, 6.45) is 0.825. The molecule has 0 spiro atoms. The summed E-state index contributed by atoms with van der Waals surface area (Å²) in [6.45, 7) is 25.0. The number of hydrogen-bond acceptors (Lipinski definition) is 6. The zero-order chi connectivity index (χ0) is 28.9. The molecular weight excluding hydrogens is 498 g/mol. The Kier molecular flexibility index (Phi) is 10.3. The van der Waals surface area contributed by atoms with Crippen LogP contribution in [0.1, 0.15) is 85.6 Å². The molecule has 1 aromatic carbocycles. The normalized spacial score (nSPS) is 13.0. The Labute approximate surface area is 230 Å². The van der Waals surface area contributed by atoms with Crippen LogP contribution >= 0.6 is 0 Å². The number of fused-ring (bicyclic) bond motifs is 1. The lowest BCUT2D eigenvalue weighted by Gasteiger charge is -2.36. The lowest BCUT2D eigenvalue weighted by atomic mass is 9.93. The van der Waals surface area contributed by atoms with E-state index in [-0.39, 0.29) is 34.8 Å². The second-order valence-electron chi connectivity index (χ2n) is 13.9. The van der Waals surface area contributed by atoms with Gasteiger partial charge in [0.1, 0.15) is 18.1 Å². The average molecular weight is 548 g/mol. The molecule has 0 aliphatic heterocycles. The molecule has 214 valence electrons. The molecule has 0 aliphatic rings. The summed E-state index contributed by atoms with van der Waals surface area (Å²) in [5.74, 6) is 0.0886. The maximum Gasteiger partial charge on any atom is 0.419 e. The third-order valence-electron chi connectivity index (χ3n) is 6.95. The second kappa shape index (κ2) is 12.2. The topological polar surface area (TPSA) is 76.0 Å². The van der Waals surface area contributed by atoms with E-state index in [0.29, 0.717) is 42.7 Å². The zero-order valence-corrected chi connectivity index (χ0v) is 26.4. The van der Waals surface area contributed by atoms with Crippen LogP contribution in [0.15, 0.2) is 24.3 Å². The number of benzene rings is 1. The van der Waals surface area contributed by atoms with Gasteiger partial charge in [0.25, 0.3) is 0 Å². The number of esters is 1. The number of nitrogens with zero attached hydrogens (tertiary/aromatic N) is 1. The van der Waals surface area contributed by atoms with Crippen molar-refractivity contribution in [1.82, 2.24) is 4.57 Å². The maximum atomic E-state index is 13.1. The summed E-state index contributed by atoms with van der Waals surface area (Å²) in [4.78, 5) is 26.2. The highest BCUT2D eigenvalue weighted by atomic mass is 28.4. The van der Waals surface area contributed by atoms with E-state index in [1.807, 2.05) is 6.07 Å². The highest BCUT2D eigenvalue weighted by Gasteiger charge is 2.37. The lowest BCUT2D eigenvalue weighted by Crippen LogP contribution is -2.41. The molecule has 7 nitrogen and oxygen atoms in total. The van der Waals surface area contributed by atoms with Crippen molar-refractivity contribution in [1.29, 1.82) is 0 Å². The van der Waals surface area contributed by atoms with Crippen LogP contribution < -0.4 is 4.74 Å². The monoisotopic (exact) mass is 547 g/mol. The van der Waals surface area contributed by atoms with Gasteiger partial charge in [-0.05, 0) is 66.1 Å². The first kappa shape index (κ1) is 31.9. The van der Waals surface area contributed by atoms with Crippen molar-refractivity contribution in [2.24, 2.45) is 10.8 Å². The van der Waals surface area contributed by atoms with Crippen LogP contribution in [-0.4, -0.2) is 51.4 Å². The van der Waals surface area contributed by atoms with Crippen molar-refractivity contribution in [3.63, 3.8) is 0 Å². The van der Waals surface area contributed by atoms with Gasteiger partial charge in [0, 0.05) is 5.39 Å². The highest BCUT2D eigenvalue weighted by Crippen LogP contribution is 2.36. The minimum absolute atomic E-state index is 0.0221. The lowest BCUT2D eigenvalue weighted by molar-refractivity contribution is 0.0450. The number of hydrogen-bond donors (Lipinski definition) is 0. The van der Waals surface area contributed by atoms with Crippen molar-refractivity contribution in [2.45, 2.75) is 93.3 Å². The maximum absolute atomic E-state index is 13.1. The van der Waals surface area contributed by atoms with E-state index in [2.05, 4.69) is 75.4 Å². The predicted molar refractivity (Wildman–Crippen MR) is 156 cm³/mol. The zero-order valence-electron chi connectivity index (χ0n) is 25.4.